The number of halogens is 1. The molecular weight excluding hydrogens is 227 g/mol. The first-order chi connectivity index (χ1) is 8.13. The highest BCUT2D eigenvalue weighted by molar-refractivity contribution is 5.92. The lowest BCUT2D eigenvalue weighted by Gasteiger charge is -2.10. The molecule has 0 saturated heterocycles. The van der Waals surface area contributed by atoms with Gasteiger partial charge in [-0.05, 0) is 24.1 Å². The molecule has 0 heterocycles. The minimum atomic E-state index is -0.672. The van der Waals surface area contributed by atoms with Crippen LogP contribution in [0, 0.1) is 5.82 Å². The lowest BCUT2D eigenvalue weighted by molar-refractivity contribution is -0.107. The summed E-state index contributed by atoms with van der Waals surface area (Å²) in [5, 5.41) is 0. The number of methoxy groups -OCH3 is 2. The molecule has 0 unspecified atom stereocenters. The fraction of sp³-hybridized carbons (Fsp3) is 0.333. The number of benzene rings is 1. The van der Waals surface area contributed by atoms with Crippen LogP contribution in [-0.2, 0) is 16.0 Å². The van der Waals surface area contributed by atoms with Crippen LogP contribution in [0.3, 0.4) is 0 Å². The zero-order valence-corrected chi connectivity index (χ0v) is 9.66. The molecule has 0 bridgehead atoms. The Balaban J connectivity index is 3.18. The normalized spacial score (nSPS) is 9.82. The first kappa shape index (κ1) is 13.2. The van der Waals surface area contributed by atoms with Crippen molar-refractivity contribution in [2.75, 3.05) is 14.2 Å². The van der Waals surface area contributed by atoms with Crippen molar-refractivity contribution in [2.45, 2.75) is 12.8 Å². The van der Waals surface area contributed by atoms with E-state index in [0.29, 0.717) is 12.0 Å². The van der Waals surface area contributed by atoms with Crippen molar-refractivity contribution in [3.8, 4) is 5.75 Å². The van der Waals surface area contributed by atoms with Crippen LogP contribution in [0.25, 0.3) is 0 Å². The van der Waals surface area contributed by atoms with E-state index in [1.807, 2.05) is 0 Å². The van der Waals surface area contributed by atoms with Crippen LogP contribution in [0.15, 0.2) is 12.1 Å². The van der Waals surface area contributed by atoms with Gasteiger partial charge in [-0.1, -0.05) is 0 Å². The Labute approximate surface area is 98.3 Å². The van der Waals surface area contributed by atoms with E-state index in [4.69, 9.17) is 4.74 Å². The van der Waals surface area contributed by atoms with E-state index in [2.05, 4.69) is 4.74 Å². The third-order valence-corrected chi connectivity index (χ3v) is 2.26. The third-order valence-electron chi connectivity index (χ3n) is 2.26. The maximum atomic E-state index is 13.6. The largest absolute Gasteiger partial charge is 0.493 e. The van der Waals surface area contributed by atoms with Crippen molar-refractivity contribution < 1.29 is 23.5 Å². The molecule has 1 aromatic carbocycles. The Morgan fingerprint density at radius 1 is 1.41 bits per heavy atom. The first-order valence-corrected chi connectivity index (χ1v) is 5.02. The summed E-state index contributed by atoms with van der Waals surface area (Å²) >= 11 is 0. The maximum absolute atomic E-state index is 13.6. The number of aldehydes is 1. The van der Waals surface area contributed by atoms with Gasteiger partial charge in [-0.3, -0.25) is 0 Å². The Kier molecular flexibility index (Phi) is 4.63. The molecule has 0 amide bonds. The van der Waals surface area contributed by atoms with E-state index in [1.54, 1.807) is 0 Å². The summed E-state index contributed by atoms with van der Waals surface area (Å²) in [6.45, 7) is 0. The van der Waals surface area contributed by atoms with Gasteiger partial charge in [0, 0.05) is 6.42 Å². The van der Waals surface area contributed by atoms with Gasteiger partial charge in [0.25, 0.3) is 0 Å². The Morgan fingerprint density at radius 3 is 2.65 bits per heavy atom. The number of aryl methyl sites for hydroxylation is 1. The summed E-state index contributed by atoms with van der Waals surface area (Å²) in [6.07, 6.45) is 1.38. The quantitative estimate of drug-likeness (QED) is 0.581. The monoisotopic (exact) mass is 240 g/mol. The van der Waals surface area contributed by atoms with Gasteiger partial charge in [0.2, 0.25) is 0 Å². The van der Waals surface area contributed by atoms with E-state index in [-0.39, 0.29) is 17.7 Å². The molecule has 0 saturated carbocycles. The summed E-state index contributed by atoms with van der Waals surface area (Å²) in [5.74, 6) is -1.46. The second-order valence-electron chi connectivity index (χ2n) is 3.36. The van der Waals surface area contributed by atoms with E-state index in [1.165, 1.54) is 26.4 Å². The average Bonchev–Trinajstić information content (AvgIpc) is 2.34. The molecular formula is C12H13FO4. The van der Waals surface area contributed by atoms with Crippen LogP contribution in [0.1, 0.15) is 22.3 Å². The lowest BCUT2D eigenvalue weighted by Crippen LogP contribution is -2.07. The number of carbonyl (C=O) groups is 2. The topological polar surface area (TPSA) is 52.6 Å². The number of carbonyl (C=O) groups excluding carboxylic acids is 2. The molecule has 0 aromatic heterocycles. The molecule has 17 heavy (non-hydrogen) atoms. The fourth-order valence-corrected chi connectivity index (χ4v) is 1.49. The van der Waals surface area contributed by atoms with Crippen molar-refractivity contribution in [2.24, 2.45) is 0 Å². The summed E-state index contributed by atoms with van der Waals surface area (Å²) < 4.78 is 23.0. The van der Waals surface area contributed by atoms with E-state index in [9.17, 15) is 14.0 Å². The Bertz CT molecular complexity index is 429. The predicted molar refractivity (Wildman–Crippen MR) is 58.7 cm³/mol. The molecule has 0 atom stereocenters. The Morgan fingerprint density at radius 2 is 2.12 bits per heavy atom. The van der Waals surface area contributed by atoms with Crippen molar-refractivity contribution in [3.63, 3.8) is 0 Å². The standard InChI is InChI=1S/C12H13FO4/c1-16-11-9(12(15)17-2)6-8(4-3-5-14)7-10(11)13/h5-7H,3-4H2,1-2H3. The van der Waals surface area contributed by atoms with Crippen molar-refractivity contribution in [1.29, 1.82) is 0 Å². The Hall–Kier alpha value is -1.91. The molecule has 0 aliphatic heterocycles. The molecule has 4 nitrogen and oxygen atoms in total. The van der Waals surface area contributed by atoms with Crippen LogP contribution in [0.5, 0.6) is 5.75 Å². The molecule has 1 rings (SSSR count). The predicted octanol–water partition coefficient (Wildman–Crippen LogP) is 1.75. The van der Waals surface area contributed by atoms with Crippen LogP contribution < -0.4 is 4.74 Å². The zero-order chi connectivity index (χ0) is 12.8. The summed E-state index contributed by atoms with van der Waals surface area (Å²) in [7, 11) is 2.48. The summed E-state index contributed by atoms with van der Waals surface area (Å²) in [6, 6.07) is 2.71. The number of hydrogen-bond donors (Lipinski definition) is 0. The second kappa shape index (κ2) is 5.98. The third kappa shape index (κ3) is 3.03. The molecule has 0 spiro atoms. The van der Waals surface area contributed by atoms with Gasteiger partial charge >= 0.3 is 5.97 Å². The average molecular weight is 240 g/mol. The van der Waals surface area contributed by atoms with Crippen LogP contribution in [-0.4, -0.2) is 26.5 Å². The molecule has 5 heteroatoms. The summed E-state index contributed by atoms with van der Waals surface area (Å²) in [5.41, 5.74) is 0.576. The lowest BCUT2D eigenvalue weighted by atomic mass is 10.1. The maximum Gasteiger partial charge on any atom is 0.341 e. The smallest absolute Gasteiger partial charge is 0.341 e. The molecule has 1 aromatic rings. The van der Waals surface area contributed by atoms with Crippen molar-refractivity contribution >= 4 is 12.3 Å². The minimum Gasteiger partial charge on any atom is -0.493 e. The van der Waals surface area contributed by atoms with Gasteiger partial charge in [-0.25, -0.2) is 9.18 Å². The highest BCUT2D eigenvalue weighted by Gasteiger charge is 2.18. The molecule has 0 aliphatic rings. The van der Waals surface area contributed by atoms with E-state index < -0.39 is 11.8 Å². The fourth-order valence-electron chi connectivity index (χ4n) is 1.49. The van der Waals surface area contributed by atoms with Gasteiger partial charge in [-0.2, -0.15) is 0 Å². The molecule has 0 radical (unpaired) electrons. The number of rotatable bonds is 5. The van der Waals surface area contributed by atoms with Gasteiger partial charge < -0.3 is 14.3 Å². The van der Waals surface area contributed by atoms with Crippen LogP contribution >= 0.6 is 0 Å². The molecule has 0 N–H and O–H groups in total. The highest BCUT2D eigenvalue weighted by Crippen LogP contribution is 2.25. The summed E-state index contributed by atoms with van der Waals surface area (Å²) in [4.78, 5) is 21.7. The number of hydrogen-bond acceptors (Lipinski definition) is 4. The minimum absolute atomic E-state index is 0.0240. The second-order valence-corrected chi connectivity index (χ2v) is 3.36. The van der Waals surface area contributed by atoms with E-state index >= 15 is 0 Å². The van der Waals surface area contributed by atoms with Gasteiger partial charge in [-0.15, -0.1) is 0 Å². The molecule has 0 fully saturated rings. The number of esters is 1. The van der Waals surface area contributed by atoms with Crippen LogP contribution in [0.4, 0.5) is 4.39 Å². The van der Waals surface area contributed by atoms with Crippen molar-refractivity contribution in [1.82, 2.24) is 0 Å². The zero-order valence-electron chi connectivity index (χ0n) is 9.66. The molecule has 0 aliphatic carbocycles. The van der Waals surface area contributed by atoms with Crippen LogP contribution in [0.2, 0.25) is 0 Å². The first-order valence-electron chi connectivity index (χ1n) is 5.02. The van der Waals surface area contributed by atoms with Crippen molar-refractivity contribution in [3.05, 3.63) is 29.1 Å². The SMILES string of the molecule is COC(=O)c1cc(CCC=O)cc(F)c1OC. The highest BCUT2D eigenvalue weighted by atomic mass is 19.1. The van der Waals surface area contributed by atoms with Gasteiger partial charge in [0.05, 0.1) is 14.2 Å². The number of ether oxygens (including phenoxy) is 2. The van der Waals surface area contributed by atoms with Gasteiger partial charge in [0.1, 0.15) is 11.8 Å². The van der Waals surface area contributed by atoms with Gasteiger partial charge in [0.15, 0.2) is 11.6 Å². The van der Waals surface area contributed by atoms with E-state index in [0.717, 1.165) is 6.29 Å². The molecule has 92 valence electrons.